The monoisotopic (exact) mass is 467 g/mol. The molecule has 1 aromatic carbocycles. The Morgan fingerprint density at radius 2 is 2.25 bits per heavy atom. The van der Waals surface area contributed by atoms with Gasteiger partial charge < -0.3 is 14.2 Å². The fourth-order valence-electron chi connectivity index (χ4n) is 5.80. The Hall–Kier alpha value is -2.68. The van der Waals surface area contributed by atoms with Gasteiger partial charge in [0.15, 0.2) is 5.58 Å². The van der Waals surface area contributed by atoms with E-state index in [-0.39, 0.29) is 32.5 Å². The van der Waals surface area contributed by atoms with Crippen LogP contribution in [0.4, 0.5) is 10.5 Å². The van der Waals surface area contributed by atoms with E-state index in [2.05, 4.69) is 31.4 Å². The van der Waals surface area contributed by atoms with E-state index in [9.17, 15) is 9.59 Å². The van der Waals surface area contributed by atoms with Crippen LogP contribution in [0, 0.1) is 12.3 Å². The number of imide groups is 1. The molecule has 3 aromatic rings. The molecule has 6 heterocycles. The number of amides is 3. The highest BCUT2D eigenvalue weighted by Crippen LogP contribution is 2.60. The summed E-state index contributed by atoms with van der Waals surface area (Å²) < 4.78 is 12.1. The lowest BCUT2D eigenvalue weighted by Crippen LogP contribution is -2.67. The minimum absolute atomic E-state index is 0.0121. The third-order valence-corrected chi connectivity index (χ3v) is 9.29. The number of urea groups is 1. The number of benzene rings is 1. The van der Waals surface area contributed by atoms with Crippen LogP contribution in [0.15, 0.2) is 27.2 Å². The predicted molar refractivity (Wildman–Crippen MR) is 121 cm³/mol. The van der Waals surface area contributed by atoms with Crippen LogP contribution >= 0.6 is 19.9 Å². The first-order valence-corrected chi connectivity index (χ1v) is 12.4. The molecule has 32 heavy (non-hydrogen) atoms. The van der Waals surface area contributed by atoms with Gasteiger partial charge in [0.25, 0.3) is 0 Å². The van der Waals surface area contributed by atoms with Crippen LogP contribution in [0.1, 0.15) is 18.1 Å². The normalized spacial score (nSPS) is 31.4. The summed E-state index contributed by atoms with van der Waals surface area (Å²) in [4.78, 5) is 36.4. The molecule has 0 radical (unpaired) electrons. The number of fused-ring (bicyclic) bond motifs is 3. The van der Waals surface area contributed by atoms with Crippen molar-refractivity contribution in [2.75, 3.05) is 11.4 Å². The Bertz CT molecular complexity index is 1370. The van der Waals surface area contributed by atoms with E-state index in [1.54, 1.807) is 6.20 Å². The van der Waals surface area contributed by atoms with E-state index in [4.69, 9.17) is 9.26 Å². The van der Waals surface area contributed by atoms with Crippen molar-refractivity contribution in [3.8, 4) is 10.7 Å². The Balaban J connectivity index is 1.50. The van der Waals surface area contributed by atoms with E-state index in [1.165, 1.54) is 11.3 Å². The number of aryl methyl sites for hydroxylation is 1. The topological polar surface area (TPSA) is 110 Å². The molecular weight excluding hydrogens is 449 g/mol. The lowest BCUT2D eigenvalue weighted by molar-refractivity contribution is -0.130. The minimum Gasteiger partial charge on any atom is -0.367 e. The summed E-state index contributed by atoms with van der Waals surface area (Å²) >= 11 is 1.51. The average Bonchev–Trinajstić information content (AvgIpc) is 3.46. The molecule has 2 fully saturated rings. The molecule has 2 saturated heterocycles. The maximum atomic E-state index is 13.4. The molecule has 2 aromatic heterocycles. The average molecular weight is 467 g/mol. The molecule has 5 unspecified atom stereocenters. The summed E-state index contributed by atoms with van der Waals surface area (Å²) in [6.45, 7) is 4.73. The summed E-state index contributed by atoms with van der Waals surface area (Å²) in [6, 6.07) is 1.30. The summed E-state index contributed by atoms with van der Waals surface area (Å²) in [5, 5.41) is 10.4. The zero-order valence-corrected chi connectivity index (χ0v) is 19.0. The Morgan fingerprint density at radius 3 is 3.06 bits per heavy atom. The van der Waals surface area contributed by atoms with E-state index in [1.807, 2.05) is 19.2 Å². The fraction of sp³-hybridized carbons (Fsp3) is 0.381. The third-order valence-electron chi connectivity index (χ3n) is 6.94. The molecule has 9 nitrogen and oxygen atoms in total. The second-order valence-electron chi connectivity index (χ2n) is 8.73. The fourth-order valence-corrected chi connectivity index (χ4v) is 8.39. The molecule has 162 valence electrons. The highest BCUT2D eigenvalue weighted by molar-refractivity contribution is 7.60. The van der Waals surface area contributed by atoms with Crippen LogP contribution in [-0.4, -0.2) is 52.1 Å². The van der Waals surface area contributed by atoms with Crippen molar-refractivity contribution in [3.63, 3.8) is 0 Å². The number of rotatable bonds is 1. The Labute approximate surface area is 188 Å². The van der Waals surface area contributed by atoms with Crippen molar-refractivity contribution in [1.29, 1.82) is 0 Å². The van der Waals surface area contributed by atoms with Crippen molar-refractivity contribution in [2.24, 2.45) is 10.4 Å². The van der Waals surface area contributed by atoms with Gasteiger partial charge in [-0.05, 0) is 40.5 Å². The van der Waals surface area contributed by atoms with Gasteiger partial charge in [0.05, 0.1) is 23.0 Å². The molecule has 5 atom stereocenters. The van der Waals surface area contributed by atoms with Crippen LogP contribution in [0.5, 0.6) is 0 Å². The number of aliphatic imine (C=N–C) groups is 1. The van der Waals surface area contributed by atoms with Gasteiger partial charge in [0.1, 0.15) is 22.0 Å². The summed E-state index contributed by atoms with van der Waals surface area (Å²) in [7, 11) is 0.181. The maximum absolute atomic E-state index is 13.4. The molecule has 1 spiro atoms. The highest BCUT2D eigenvalue weighted by Gasteiger charge is 2.66. The van der Waals surface area contributed by atoms with Gasteiger partial charge in [-0.2, -0.15) is 4.99 Å². The van der Waals surface area contributed by atoms with E-state index < -0.39 is 11.4 Å². The quantitative estimate of drug-likeness (QED) is 0.548. The number of carbonyl (C=O) groups excluding carboxylic acids is 2. The number of morpholine rings is 1. The number of thiazole rings is 1. The van der Waals surface area contributed by atoms with E-state index in [0.717, 1.165) is 32.8 Å². The van der Waals surface area contributed by atoms with E-state index >= 15 is 0 Å². The molecular formula is C21H18N5O4PS. The number of hydrogen-bond donors (Lipinski definition) is 1. The van der Waals surface area contributed by atoms with Gasteiger partial charge in [-0.3, -0.25) is 10.1 Å². The largest absolute Gasteiger partial charge is 0.367 e. The molecule has 4 aliphatic heterocycles. The van der Waals surface area contributed by atoms with Crippen LogP contribution in [0.2, 0.25) is 0 Å². The van der Waals surface area contributed by atoms with Crippen molar-refractivity contribution in [1.82, 2.24) is 15.5 Å². The SMILES string of the molecule is Cc1c2c(cc3c(-c4nccs4)noc13)CC13C(=O)NC(=O)N=C1PC1OC(C)CN2C13. The van der Waals surface area contributed by atoms with Crippen molar-refractivity contribution in [3.05, 3.63) is 28.8 Å². The molecule has 11 heteroatoms. The first-order chi connectivity index (χ1) is 15.5. The molecule has 4 aliphatic rings. The summed E-state index contributed by atoms with van der Waals surface area (Å²) in [6.07, 6.45) is 2.19. The van der Waals surface area contributed by atoms with Crippen molar-refractivity contribution < 1.29 is 18.8 Å². The number of ether oxygens (including phenoxy) is 1. The third kappa shape index (κ3) is 2.22. The van der Waals surface area contributed by atoms with Gasteiger partial charge in [-0.1, -0.05) is 5.16 Å². The second-order valence-corrected chi connectivity index (χ2v) is 11.0. The lowest BCUT2D eigenvalue weighted by atomic mass is 9.69. The molecule has 3 amide bonds. The molecule has 0 bridgehead atoms. The molecule has 1 N–H and O–H groups in total. The summed E-state index contributed by atoms with van der Waals surface area (Å²) in [5.41, 5.74) is 4.31. The van der Waals surface area contributed by atoms with Gasteiger partial charge in [0.2, 0.25) is 5.91 Å². The predicted octanol–water partition coefficient (Wildman–Crippen LogP) is 3.06. The van der Waals surface area contributed by atoms with Crippen LogP contribution in [0.25, 0.3) is 21.7 Å². The Kier molecular flexibility index (Phi) is 3.66. The van der Waals surface area contributed by atoms with Gasteiger partial charge in [-0.25, -0.2) is 9.78 Å². The number of nitrogens with zero attached hydrogens (tertiary/aromatic N) is 4. The van der Waals surface area contributed by atoms with Gasteiger partial charge >= 0.3 is 6.03 Å². The minimum atomic E-state index is -0.900. The molecule has 0 saturated carbocycles. The van der Waals surface area contributed by atoms with Crippen LogP contribution in [-0.2, 0) is 16.0 Å². The standard InChI is InChI=1S/C21H18N5O4PS/c1-8-7-26-13-9(2)14-11(12(25-30-14)16-22-3-4-32-16)5-10(13)6-21-15(26)17(29-8)31-19(21)24-20(28)23-18(21)27/h3-5,8,15,17,31H,6-7H2,1-2H3,(H,23,27,28). The highest BCUT2D eigenvalue weighted by atomic mass is 32.1. The first kappa shape index (κ1) is 18.8. The zero-order chi connectivity index (χ0) is 21.8. The number of aromatic nitrogens is 2. The lowest BCUT2D eigenvalue weighted by Gasteiger charge is -2.52. The first-order valence-electron chi connectivity index (χ1n) is 10.4. The number of hydrogen-bond acceptors (Lipinski definition) is 8. The second kappa shape index (κ2) is 6.21. The summed E-state index contributed by atoms with van der Waals surface area (Å²) in [5.74, 6) is -0.442. The van der Waals surface area contributed by atoms with E-state index in [0.29, 0.717) is 24.1 Å². The maximum Gasteiger partial charge on any atom is 0.347 e. The van der Waals surface area contributed by atoms with Gasteiger partial charge in [0, 0.05) is 29.4 Å². The molecule has 7 rings (SSSR count). The van der Waals surface area contributed by atoms with Crippen LogP contribution < -0.4 is 10.2 Å². The van der Waals surface area contributed by atoms with Crippen LogP contribution in [0.3, 0.4) is 0 Å². The molecule has 0 aliphatic carbocycles. The smallest absolute Gasteiger partial charge is 0.347 e. The van der Waals surface area contributed by atoms with Gasteiger partial charge in [-0.15, -0.1) is 11.3 Å². The van der Waals surface area contributed by atoms with Crippen molar-refractivity contribution in [2.45, 2.75) is 38.3 Å². The number of nitrogens with one attached hydrogen (secondary N) is 1. The zero-order valence-electron chi connectivity index (χ0n) is 17.2. The Morgan fingerprint density at radius 1 is 1.38 bits per heavy atom. The number of carbonyl (C=O) groups is 2. The number of anilines is 1. The van der Waals surface area contributed by atoms with Crippen molar-refractivity contribution >= 4 is 54.0 Å².